The molecule has 3 amide bonds. The van der Waals surface area contributed by atoms with Crippen LogP contribution in [-0.2, 0) is 4.74 Å². The molecular weight excluding hydrogens is 414 g/mol. The van der Waals surface area contributed by atoms with Crippen LogP contribution in [-0.4, -0.2) is 67.6 Å². The van der Waals surface area contributed by atoms with Gasteiger partial charge in [0.05, 0.1) is 13.2 Å². The Kier molecular flexibility index (Phi) is 7.80. The highest BCUT2D eigenvalue weighted by atomic mass is 16.5. The fraction of sp³-hybridized carbons (Fsp3) is 0.348. The van der Waals surface area contributed by atoms with E-state index in [-0.39, 0.29) is 50.6 Å². The van der Waals surface area contributed by atoms with Gasteiger partial charge in [0.25, 0.3) is 11.8 Å². The van der Waals surface area contributed by atoms with Crippen LogP contribution in [0.1, 0.15) is 44.7 Å². The van der Waals surface area contributed by atoms with Crippen LogP contribution in [0, 0.1) is 0 Å². The van der Waals surface area contributed by atoms with Crippen molar-refractivity contribution in [1.82, 2.24) is 16.0 Å². The molecule has 32 heavy (non-hydrogen) atoms. The monoisotopic (exact) mass is 441 g/mol. The van der Waals surface area contributed by atoms with Gasteiger partial charge in [0.1, 0.15) is 6.61 Å². The summed E-state index contributed by atoms with van der Waals surface area (Å²) >= 11 is 0. The van der Waals surface area contributed by atoms with Crippen molar-refractivity contribution in [3.63, 3.8) is 0 Å². The number of amides is 3. The maximum Gasteiger partial charge on any atom is 0.407 e. The van der Waals surface area contributed by atoms with Gasteiger partial charge in [-0.3, -0.25) is 9.59 Å². The highest BCUT2D eigenvalue weighted by molar-refractivity contribution is 5.98. The molecule has 1 aliphatic carbocycles. The number of carbonyl (C=O) groups excluding carboxylic acids is 3. The normalized spacial score (nSPS) is 12.0. The van der Waals surface area contributed by atoms with Crippen molar-refractivity contribution in [1.29, 1.82) is 0 Å². The van der Waals surface area contributed by atoms with Gasteiger partial charge < -0.3 is 30.9 Å². The number of fused-ring (bicyclic) bond motifs is 3. The zero-order valence-corrected chi connectivity index (χ0v) is 17.8. The molecule has 0 saturated heterocycles. The molecule has 0 saturated carbocycles. The zero-order valence-electron chi connectivity index (χ0n) is 17.8. The third-order valence-corrected chi connectivity index (χ3v) is 5.17. The standard InChI is InChI=1S/C23H27N3O6/c1-2-24-23(31)32-13-20-18-11-14(21(29)25-7-9-27)3-5-16(18)17-6-4-15(12-19(17)20)22(30)26-8-10-28/h3-6,11-12,20,27-28H,2,7-10,13H2,1H3,(H,24,31)(H,25,29)(H,26,30). The molecule has 0 aromatic heterocycles. The molecule has 0 unspecified atom stereocenters. The Labute approximate surface area is 185 Å². The Bertz CT molecular complexity index is 938. The Balaban J connectivity index is 1.96. The van der Waals surface area contributed by atoms with Crippen LogP contribution in [0.15, 0.2) is 36.4 Å². The first-order chi connectivity index (χ1) is 15.5. The van der Waals surface area contributed by atoms with E-state index in [1.54, 1.807) is 31.2 Å². The molecule has 9 heteroatoms. The first kappa shape index (κ1) is 23.2. The molecule has 0 heterocycles. The molecule has 9 nitrogen and oxygen atoms in total. The van der Waals surface area contributed by atoms with Gasteiger partial charge in [-0.2, -0.15) is 0 Å². The van der Waals surface area contributed by atoms with Gasteiger partial charge in [0, 0.05) is 36.7 Å². The maximum absolute atomic E-state index is 12.4. The summed E-state index contributed by atoms with van der Waals surface area (Å²) in [5.74, 6) is -0.991. The summed E-state index contributed by atoms with van der Waals surface area (Å²) in [6, 6.07) is 10.6. The van der Waals surface area contributed by atoms with Crippen molar-refractivity contribution in [3.8, 4) is 11.1 Å². The fourth-order valence-electron chi connectivity index (χ4n) is 3.72. The summed E-state index contributed by atoms with van der Waals surface area (Å²) in [7, 11) is 0. The molecule has 5 N–H and O–H groups in total. The molecule has 3 rings (SSSR count). The van der Waals surface area contributed by atoms with Crippen LogP contribution in [0.2, 0.25) is 0 Å². The minimum atomic E-state index is -0.545. The second-order valence-corrected chi connectivity index (χ2v) is 7.24. The van der Waals surface area contributed by atoms with Gasteiger partial charge in [-0.15, -0.1) is 0 Å². The molecule has 1 aliphatic rings. The number of aliphatic hydroxyl groups excluding tert-OH is 2. The SMILES string of the molecule is CCNC(=O)OCC1c2cc(C(=O)NCCO)ccc2-c2ccc(C(=O)NCCO)cc21. The molecular formula is C23H27N3O6. The van der Waals surface area contributed by atoms with Gasteiger partial charge >= 0.3 is 6.09 Å². The third-order valence-electron chi connectivity index (χ3n) is 5.17. The summed E-state index contributed by atoms with van der Waals surface area (Å²) in [5.41, 5.74) is 4.27. The Morgan fingerprint density at radius 3 is 1.78 bits per heavy atom. The summed E-state index contributed by atoms with van der Waals surface area (Å²) in [6.07, 6.45) is -0.545. The first-order valence-electron chi connectivity index (χ1n) is 10.5. The Hall–Kier alpha value is -3.43. The summed E-state index contributed by atoms with van der Waals surface area (Å²) in [5, 5.41) is 25.7. The van der Waals surface area contributed by atoms with E-state index in [1.165, 1.54) is 0 Å². The molecule has 170 valence electrons. The summed E-state index contributed by atoms with van der Waals surface area (Å²) in [4.78, 5) is 36.7. The van der Waals surface area contributed by atoms with Gasteiger partial charge in [0.15, 0.2) is 0 Å². The maximum atomic E-state index is 12.4. The van der Waals surface area contributed by atoms with E-state index in [0.717, 1.165) is 22.3 Å². The van der Waals surface area contributed by atoms with E-state index in [9.17, 15) is 14.4 Å². The number of nitrogens with one attached hydrogen (secondary N) is 3. The number of hydrogen-bond donors (Lipinski definition) is 5. The largest absolute Gasteiger partial charge is 0.449 e. The van der Waals surface area contributed by atoms with Crippen molar-refractivity contribution in [2.24, 2.45) is 0 Å². The molecule has 2 aromatic rings. The molecule has 0 spiro atoms. The van der Waals surface area contributed by atoms with E-state index in [1.807, 2.05) is 12.1 Å². The minimum Gasteiger partial charge on any atom is -0.449 e. The predicted molar refractivity (Wildman–Crippen MR) is 118 cm³/mol. The Morgan fingerprint density at radius 1 is 0.844 bits per heavy atom. The molecule has 2 aromatic carbocycles. The first-order valence-corrected chi connectivity index (χ1v) is 10.5. The minimum absolute atomic E-state index is 0.0370. The number of alkyl carbamates (subject to hydrolysis) is 1. The van der Waals surface area contributed by atoms with Crippen molar-refractivity contribution in [2.75, 3.05) is 39.5 Å². The number of aliphatic hydroxyl groups is 2. The van der Waals surface area contributed by atoms with Crippen molar-refractivity contribution in [2.45, 2.75) is 12.8 Å². The molecule has 0 bridgehead atoms. The van der Waals surface area contributed by atoms with Crippen LogP contribution in [0.4, 0.5) is 4.79 Å². The molecule has 0 fully saturated rings. The van der Waals surface area contributed by atoms with Crippen LogP contribution in [0.25, 0.3) is 11.1 Å². The number of rotatable bonds is 9. The predicted octanol–water partition coefficient (Wildman–Crippen LogP) is 0.989. The lowest BCUT2D eigenvalue weighted by Crippen LogP contribution is -2.27. The molecule has 0 atom stereocenters. The second-order valence-electron chi connectivity index (χ2n) is 7.24. The van der Waals surface area contributed by atoms with Crippen molar-refractivity contribution < 1.29 is 29.3 Å². The van der Waals surface area contributed by atoms with Crippen molar-refractivity contribution in [3.05, 3.63) is 58.7 Å². The average Bonchev–Trinajstić information content (AvgIpc) is 3.11. The van der Waals surface area contributed by atoms with Gasteiger partial charge in [-0.05, 0) is 53.4 Å². The number of hydrogen-bond acceptors (Lipinski definition) is 6. The van der Waals surface area contributed by atoms with Crippen LogP contribution in [0.5, 0.6) is 0 Å². The molecule has 0 radical (unpaired) electrons. The van der Waals surface area contributed by atoms with Gasteiger partial charge in [-0.1, -0.05) is 12.1 Å². The number of ether oxygens (including phenoxy) is 1. The van der Waals surface area contributed by atoms with E-state index < -0.39 is 6.09 Å². The fourth-order valence-corrected chi connectivity index (χ4v) is 3.72. The smallest absolute Gasteiger partial charge is 0.407 e. The Morgan fingerprint density at radius 2 is 1.34 bits per heavy atom. The lowest BCUT2D eigenvalue weighted by molar-refractivity contribution is 0.0937. The lowest BCUT2D eigenvalue weighted by atomic mass is 9.95. The summed E-state index contributed by atoms with van der Waals surface area (Å²) < 4.78 is 5.39. The zero-order chi connectivity index (χ0) is 23.1. The lowest BCUT2D eigenvalue weighted by Gasteiger charge is -2.16. The summed E-state index contributed by atoms with van der Waals surface area (Å²) in [6.45, 7) is 2.23. The van der Waals surface area contributed by atoms with E-state index in [2.05, 4.69) is 16.0 Å². The molecule has 0 aliphatic heterocycles. The van der Waals surface area contributed by atoms with Gasteiger partial charge in [0.2, 0.25) is 0 Å². The van der Waals surface area contributed by atoms with Gasteiger partial charge in [-0.25, -0.2) is 4.79 Å². The highest BCUT2D eigenvalue weighted by Crippen LogP contribution is 2.45. The second kappa shape index (κ2) is 10.7. The van der Waals surface area contributed by atoms with Crippen LogP contribution < -0.4 is 16.0 Å². The van der Waals surface area contributed by atoms with Crippen LogP contribution >= 0.6 is 0 Å². The number of carbonyl (C=O) groups is 3. The van der Waals surface area contributed by atoms with E-state index in [4.69, 9.17) is 14.9 Å². The quantitative estimate of drug-likeness (QED) is 0.394. The highest BCUT2D eigenvalue weighted by Gasteiger charge is 2.31. The van der Waals surface area contributed by atoms with Crippen molar-refractivity contribution >= 4 is 17.9 Å². The average molecular weight is 441 g/mol. The third kappa shape index (κ3) is 5.06. The van der Waals surface area contributed by atoms with E-state index in [0.29, 0.717) is 17.7 Å². The number of benzene rings is 2. The topological polar surface area (TPSA) is 137 Å². The van der Waals surface area contributed by atoms with Crippen LogP contribution in [0.3, 0.4) is 0 Å². The van der Waals surface area contributed by atoms with E-state index >= 15 is 0 Å².